The van der Waals surface area contributed by atoms with Crippen LogP contribution in [-0.4, -0.2) is 42.0 Å². The molecule has 2 amide bonds. The molecule has 21 heavy (non-hydrogen) atoms. The Kier molecular flexibility index (Phi) is 6.88. The minimum absolute atomic E-state index is 0.0217. The Morgan fingerprint density at radius 3 is 2.38 bits per heavy atom. The maximum absolute atomic E-state index is 11.8. The minimum Gasteiger partial charge on any atom is -0.396 e. The third-order valence-electron chi connectivity index (χ3n) is 3.13. The van der Waals surface area contributed by atoms with E-state index in [0.29, 0.717) is 25.1 Å². The van der Waals surface area contributed by atoms with Gasteiger partial charge in [-0.3, -0.25) is 9.59 Å². The topological polar surface area (TPSA) is 69.6 Å². The van der Waals surface area contributed by atoms with Crippen LogP contribution < -0.4 is 5.32 Å². The summed E-state index contributed by atoms with van der Waals surface area (Å²) in [7, 11) is 1.78. The molecule has 0 unspecified atom stereocenters. The van der Waals surface area contributed by atoms with E-state index >= 15 is 0 Å². The van der Waals surface area contributed by atoms with Crippen LogP contribution in [0.2, 0.25) is 0 Å². The predicted molar refractivity (Wildman–Crippen MR) is 81.8 cm³/mol. The molecule has 5 heteroatoms. The molecule has 1 rings (SSSR count). The number of amides is 2. The number of carbonyl (C=O) groups excluding carboxylic acids is 2. The summed E-state index contributed by atoms with van der Waals surface area (Å²) in [4.78, 5) is 25.3. The molecule has 0 saturated heterocycles. The Hall–Kier alpha value is -1.88. The summed E-state index contributed by atoms with van der Waals surface area (Å²) >= 11 is 0. The number of nitrogens with zero attached hydrogens (tertiary/aromatic N) is 1. The maximum atomic E-state index is 11.8. The Morgan fingerprint density at radius 2 is 1.86 bits per heavy atom. The van der Waals surface area contributed by atoms with Gasteiger partial charge in [0.05, 0.1) is 0 Å². The van der Waals surface area contributed by atoms with Gasteiger partial charge in [0.2, 0.25) is 5.91 Å². The molecule has 0 aliphatic carbocycles. The smallest absolute Gasteiger partial charge is 0.251 e. The molecular formula is C16H24N2O3. The van der Waals surface area contributed by atoms with Crippen LogP contribution in [0.4, 0.5) is 0 Å². The van der Waals surface area contributed by atoms with Crippen LogP contribution >= 0.6 is 0 Å². The highest BCUT2D eigenvalue weighted by Crippen LogP contribution is 2.09. The molecule has 0 bridgehead atoms. The Balaban J connectivity index is 2.57. The van der Waals surface area contributed by atoms with Crippen molar-refractivity contribution < 1.29 is 14.7 Å². The second kappa shape index (κ2) is 8.42. The fraction of sp³-hybridized carbons (Fsp3) is 0.500. The van der Waals surface area contributed by atoms with Gasteiger partial charge in [-0.15, -0.1) is 0 Å². The molecule has 0 fully saturated rings. The molecule has 0 aliphatic rings. The molecule has 5 nitrogen and oxygen atoms in total. The molecular weight excluding hydrogens is 268 g/mol. The van der Waals surface area contributed by atoms with Gasteiger partial charge in [0.25, 0.3) is 5.91 Å². The van der Waals surface area contributed by atoms with Crippen molar-refractivity contribution in [2.75, 3.05) is 20.2 Å². The summed E-state index contributed by atoms with van der Waals surface area (Å²) in [5, 5.41) is 11.4. The quantitative estimate of drug-likeness (QED) is 0.747. The molecule has 2 N–H and O–H groups in total. The van der Waals surface area contributed by atoms with Gasteiger partial charge in [-0.1, -0.05) is 26.0 Å². The number of hydrogen-bond acceptors (Lipinski definition) is 3. The van der Waals surface area contributed by atoms with E-state index in [0.717, 1.165) is 5.56 Å². The van der Waals surface area contributed by atoms with Gasteiger partial charge in [-0.2, -0.15) is 0 Å². The fourth-order valence-corrected chi connectivity index (χ4v) is 1.94. The monoisotopic (exact) mass is 292 g/mol. The molecule has 0 radical (unpaired) electrons. The lowest BCUT2D eigenvalue weighted by molar-refractivity contribution is -0.133. The Morgan fingerprint density at radius 1 is 1.24 bits per heavy atom. The first-order chi connectivity index (χ1) is 9.95. The second-order valence-corrected chi connectivity index (χ2v) is 5.38. The number of aliphatic hydroxyl groups excluding tert-OH is 1. The summed E-state index contributed by atoms with van der Waals surface area (Å²) in [6, 6.07) is 7.20. The van der Waals surface area contributed by atoms with E-state index in [1.807, 2.05) is 26.0 Å². The van der Waals surface area contributed by atoms with Crippen molar-refractivity contribution in [3.05, 3.63) is 35.4 Å². The molecule has 0 aliphatic heterocycles. The number of hydrogen-bond donors (Lipinski definition) is 2. The van der Waals surface area contributed by atoms with Gasteiger partial charge in [0.1, 0.15) is 0 Å². The van der Waals surface area contributed by atoms with Crippen LogP contribution in [0.25, 0.3) is 0 Å². The molecule has 0 aromatic heterocycles. The highest BCUT2D eigenvalue weighted by Gasteiger charge is 2.13. The van der Waals surface area contributed by atoms with Crippen molar-refractivity contribution in [2.45, 2.75) is 26.8 Å². The highest BCUT2D eigenvalue weighted by molar-refractivity contribution is 5.94. The van der Waals surface area contributed by atoms with E-state index < -0.39 is 0 Å². The normalized spacial score (nSPS) is 10.5. The zero-order valence-corrected chi connectivity index (χ0v) is 12.9. The van der Waals surface area contributed by atoms with Crippen molar-refractivity contribution in [1.29, 1.82) is 0 Å². The average Bonchev–Trinajstić information content (AvgIpc) is 2.47. The zero-order valence-electron chi connectivity index (χ0n) is 12.9. The van der Waals surface area contributed by atoms with Crippen LogP contribution in [0.3, 0.4) is 0 Å². The third-order valence-corrected chi connectivity index (χ3v) is 3.13. The molecule has 0 heterocycles. The van der Waals surface area contributed by atoms with Crippen LogP contribution in [0.15, 0.2) is 24.3 Å². The molecule has 0 saturated carbocycles. The molecule has 0 atom stereocenters. The third kappa shape index (κ3) is 5.55. The van der Waals surface area contributed by atoms with Crippen molar-refractivity contribution in [2.24, 2.45) is 5.92 Å². The van der Waals surface area contributed by atoms with Crippen LogP contribution in [0, 0.1) is 5.92 Å². The van der Waals surface area contributed by atoms with E-state index in [4.69, 9.17) is 5.11 Å². The van der Waals surface area contributed by atoms with Crippen LogP contribution in [0.5, 0.6) is 0 Å². The summed E-state index contributed by atoms with van der Waals surface area (Å²) < 4.78 is 0. The SMILES string of the molecule is CC(C)C(=O)N(C)Cc1ccc(C(=O)NCCCO)cc1. The van der Waals surface area contributed by atoms with Gasteiger partial charge in [-0.05, 0) is 24.1 Å². The number of nitrogens with one attached hydrogen (secondary N) is 1. The Bertz CT molecular complexity index is 469. The maximum Gasteiger partial charge on any atom is 0.251 e. The van der Waals surface area contributed by atoms with Crippen LogP contribution in [-0.2, 0) is 11.3 Å². The lowest BCUT2D eigenvalue weighted by Crippen LogP contribution is -2.30. The molecule has 116 valence electrons. The van der Waals surface area contributed by atoms with Crippen molar-refractivity contribution >= 4 is 11.8 Å². The number of aliphatic hydroxyl groups is 1. The van der Waals surface area contributed by atoms with E-state index in [1.54, 1.807) is 24.1 Å². The fourth-order valence-electron chi connectivity index (χ4n) is 1.94. The van der Waals surface area contributed by atoms with Gasteiger partial charge in [0, 0.05) is 38.2 Å². The van der Waals surface area contributed by atoms with Gasteiger partial charge < -0.3 is 15.3 Å². The lowest BCUT2D eigenvalue weighted by Gasteiger charge is -2.19. The first kappa shape index (κ1) is 17.2. The second-order valence-electron chi connectivity index (χ2n) is 5.38. The molecule has 1 aromatic rings. The van der Waals surface area contributed by atoms with Gasteiger partial charge >= 0.3 is 0 Å². The van der Waals surface area contributed by atoms with E-state index in [1.165, 1.54) is 0 Å². The van der Waals surface area contributed by atoms with Crippen molar-refractivity contribution in [3.63, 3.8) is 0 Å². The molecule has 1 aromatic carbocycles. The largest absolute Gasteiger partial charge is 0.396 e. The van der Waals surface area contributed by atoms with E-state index in [9.17, 15) is 9.59 Å². The van der Waals surface area contributed by atoms with E-state index in [2.05, 4.69) is 5.32 Å². The minimum atomic E-state index is -0.151. The lowest BCUT2D eigenvalue weighted by atomic mass is 10.1. The predicted octanol–water partition coefficient (Wildman–Crippen LogP) is 1.41. The van der Waals surface area contributed by atoms with Crippen molar-refractivity contribution in [1.82, 2.24) is 10.2 Å². The van der Waals surface area contributed by atoms with Crippen molar-refractivity contribution in [3.8, 4) is 0 Å². The van der Waals surface area contributed by atoms with Gasteiger partial charge in [0.15, 0.2) is 0 Å². The highest BCUT2D eigenvalue weighted by atomic mass is 16.3. The summed E-state index contributed by atoms with van der Waals surface area (Å²) in [6.45, 7) is 4.80. The van der Waals surface area contributed by atoms with Gasteiger partial charge in [-0.25, -0.2) is 0 Å². The summed E-state index contributed by atoms with van der Waals surface area (Å²) in [6.07, 6.45) is 0.548. The summed E-state index contributed by atoms with van der Waals surface area (Å²) in [5.41, 5.74) is 1.56. The Labute approximate surface area is 126 Å². The standard InChI is InChI=1S/C16H24N2O3/c1-12(2)16(21)18(3)11-13-5-7-14(8-6-13)15(20)17-9-4-10-19/h5-8,12,19H,4,9-11H2,1-3H3,(H,17,20). The first-order valence-corrected chi connectivity index (χ1v) is 7.18. The molecule has 0 spiro atoms. The summed E-state index contributed by atoms with van der Waals surface area (Å²) in [5.74, 6) is -0.0750. The van der Waals surface area contributed by atoms with Crippen LogP contribution in [0.1, 0.15) is 36.2 Å². The first-order valence-electron chi connectivity index (χ1n) is 7.18. The zero-order chi connectivity index (χ0) is 15.8. The number of rotatable bonds is 7. The average molecular weight is 292 g/mol. The number of benzene rings is 1. The van der Waals surface area contributed by atoms with E-state index in [-0.39, 0.29) is 24.3 Å². The number of carbonyl (C=O) groups is 2.